The third-order valence-electron chi connectivity index (χ3n) is 6.92. The van der Waals surface area contributed by atoms with E-state index in [-0.39, 0.29) is 11.8 Å². The molecule has 1 aromatic heterocycles. The standard InChI is InChI=1S/C29H29N3O4S/c33-29(31-34)15-11-21-10-13-26-23(18-21)12-14-28(26)32(37(35,36)20-22-6-2-1-3-7-22)17-16-24-19-30-27-9-5-4-8-25(24)27/h1-11,13,15,18-19,28,30,34H,12,14,16-17,20H2,(H,31,33)/b15-11+. The molecule has 1 aliphatic carbocycles. The van der Waals surface area contributed by atoms with Crippen molar-refractivity contribution < 1.29 is 18.4 Å². The van der Waals surface area contributed by atoms with E-state index in [1.54, 1.807) is 15.9 Å². The monoisotopic (exact) mass is 515 g/mol. The molecule has 3 aromatic carbocycles. The number of aromatic nitrogens is 1. The van der Waals surface area contributed by atoms with E-state index in [0.29, 0.717) is 19.4 Å². The Labute approximate surface area is 216 Å². The number of para-hydroxylation sites is 1. The van der Waals surface area contributed by atoms with E-state index in [4.69, 9.17) is 5.21 Å². The van der Waals surface area contributed by atoms with Crippen molar-refractivity contribution in [1.82, 2.24) is 14.8 Å². The minimum Gasteiger partial charge on any atom is -0.361 e. The number of hydrogen-bond donors (Lipinski definition) is 3. The van der Waals surface area contributed by atoms with Crippen LogP contribution in [0, 0.1) is 0 Å². The van der Waals surface area contributed by atoms with Gasteiger partial charge in [-0.3, -0.25) is 10.0 Å². The Kier molecular flexibility index (Phi) is 7.23. The molecular weight excluding hydrogens is 486 g/mol. The van der Waals surface area contributed by atoms with Crippen LogP contribution < -0.4 is 5.48 Å². The largest absolute Gasteiger partial charge is 0.361 e. The van der Waals surface area contributed by atoms with E-state index in [2.05, 4.69) is 11.1 Å². The van der Waals surface area contributed by atoms with Gasteiger partial charge in [-0.15, -0.1) is 0 Å². The lowest BCUT2D eigenvalue weighted by atomic mass is 10.0. The van der Waals surface area contributed by atoms with Gasteiger partial charge in [-0.1, -0.05) is 66.7 Å². The number of hydrogen-bond acceptors (Lipinski definition) is 4. The molecule has 0 saturated heterocycles. The Morgan fingerprint density at radius 2 is 1.86 bits per heavy atom. The molecule has 1 heterocycles. The molecule has 4 aromatic rings. The number of aromatic amines is 1. The average molecular weight is 516 g/mol. The maximum Gasteiger partial charge on any atom is 0.267 e. The van der Waals surface area contributed by atoms with Crippen LogP contribution in [0.25, 0.3) is 17.0 Å². The highest BCUT2D eigenvalue weighted by atomic mass is 32.2. The number of nitrogens with one attached hydrogen (secondary N) is 2. The predicted octanol–water partition coefficient (Wildman–Crippen LogP) is 4.75. The zero-order valence-electron chi connectivity index (χ0n) is 20.3. The van der Waals surface area contributed by atoms with E-state index in [1.807, 2.05) is 72.9 Å². The summed E-state index contributed by atoms with van der Waals surface area (Å²) >= 11 is 0. The fourth-order valence-corrected chi connectivity index (χ4v) is 6.91. The number of rotatable bonds is 9. The van der Waals surface area contributed by atoms with Crippen molar-refractivity contribution in [2.75, 3.05) is 6.54 Å². The second-order valence-electron chi connectivity index (χ2n) is 9.28. The molecule has 7 nitrogen and oxygen atoms in total. The molecule has 0 spiro atoms. The van der Waals surface area contributed by atoms with Crippen molar-refractivity contribution in [3.8, 4) is 0 Å². The van der Waals surface area contributed by atoms with E-state index >= 15 is 0 Å². The molecule has 1 aliphatic rings. The maximum absolute atomic E-state index is 13.8. The van der Waals surface area contributed by atoms with Crippen LogP contribution in [0.15, 0.2) is 85.1 Å². The normalized spacial score (nSPS) is 15.5. The molecule has 0 bridgehead atoms. The van der Waals surface area contributed by atoms with Crippen LogP contribution in [-0.4, -0.2) is 35.4 Å². The van der Waals surface area contributed by atoms with Gasteiger partial charge in [-0.25, -0.2) is 13.9 Å². The SMILES string of the molecule is O=C(/C=C/c1ccc2c(c1)CCC2N(CCc1c[nH]c2ccccc12)S(=O)(=O)Cc1ccccc1)NO. The van der Waals surface area contributed by atoms with Crippen molar-refractivity contribution in [3.63, 3.8) is 0 Å². The summed E-state index contributed by atoms with van der Waals surface area (Å²) in [4.78, 5) is 14.6. The summed E-state index contributed by atoms with van der Waals surface area (Å²) in [7, 11) is -3.61. The van der Waals surface area contributed by atoms with Crippen molar-refractivity contribution in [2.24, 2.45) is 0 Å². The smallest absolute Gasteiger partial charge is 0.267 e. The first kappa shape index (κ1) is 25.0. The molecule has 0 radical (unpaired) electrons. The van der Waals surface area contributed by atoms with Crippen molar-refractivity contribution >= 4 is 32.9 Å². The number of carbonyl (C=O) groups excluding carboxylic acids is 1. The zero-order chi connectivity index (χ0) is 25.8. The highest BCUT2D eigenvalue weighted by Crippen LogP contribution is 2.39. The second kappa shape index (κ2) is 10.7. The first-order chi connectivity index (χ1) is 17.9. The molecule has 0 saturated carbocycles. The molecule has 0 fully saturated rings. The van der Waals surface area contributed by atoms with Gasteiger partial charge in [0.2, 0.25) is 10.0 Å². The molecular formula is C29H29N3O4S. The summed E-state index contributed by atoms with van der Waals surface area (Å²) in [6, 6.07) is 22.9. The van der Waals surface area contributed by atoms with Gasteiger partial charge in [-0.2, -0.15) is 4.31 Å². The Bertz CT molecular complexity index is 1540. The van der Waals surface area contributed by atoms with Gasteiger partial charge in [0.25, 0.3) is 5.91 Å². The first-order valence-corrected chi connectivity index (χ1v) is 13.9. The number of H-pyrrole nitrogens is 1. The second-order valence-corrected chi connectivity index (χ2v) is 11.2. The lowest BCUT2D eigenvalue weighted by Crippen LogP contribution is -2.36. The highest BCUT2D eigenvalue weighted by molar-refractivity contribution is 7.88. The predicted molar refractivity (Wildman–Crippen MR) is 144 cm³/mol. The Morgan fingerprint density at radius 1 is 1.08 bits per heavy atom. The summed E-state index contributed by atoms with van der Waals surface area (Å²) in [5.74, 6) is -0.654. The number of sulfonamides is 1. The number of aryl methyl sites for hydroxylation is 1. The third kappa shape index (κ3) is 5.51. The van der Waals surface area contributed by atoms with Gasteiger partial charge in [-0.05, 0) is 59.2 Å². The first-order valence-electron chi connectivity index (χ1n) is 12.3. The number of fused-ring (bicyclic) bond motifs is 2. The van der Waals surface area contributed by atoms with Gasteiger partial charge >= 0.3 is 0 Å². The van der Waals surface area contributed by atoms with E-state index in [0.717, 1.165) is 45.1 Å². The van der Waals surface area contributed by atoms with Crippen molar-refractivity contribution in [1.29, 1.82) is 0 Å². The molecule has 8 heteroatoms. The average Bonchev–Trinajstić information content (AvgIpc) is 3.52. The van der Waals surface area contributed by atoms with Crippen LogP contribution in [0.5, 0.6) is 0 Å². The van der Waals surface area contributed by atoms with Gasteiger partial charge in [0.15, 0.2) is 0 Å². The number of nitrogens with zero attached hydrogens (tertiary/aromatic N) is 1. The summed E-state index contributed by atoms with van der Waals surface area (Å²) in [5, 5.41) is 9.82. The molecule has 1 atom stereocenters. The Hall–Kier alpha value is -3.72. The molecule has 5 rings (SSSR count). The van der Waals surface area contributed by atoms with Crippen molar-refractivity contribution in [2.45, 2.75) is 31.1 Å². The summed E-state index contributed by atoms with van der Waals surface area (Å²) in [5.41, 5.74) is 7.37. The maximum atomic E-state index is 13.8. The summed E-state index contributed by atoms with van der Waals surface area (Å²) in [6.07, 6.45) is 6.89. The Morgan fingerprint density at radius 3 is 2.68 bits per heavy atom. The Balaban J connectivity index is 1.45. The van der Waals surface area contributed by atoms with Crippen LogP contribution in [0.4, 0.5) is 0 Å². The minimum absolute atomic E-state index is 0.0509. The van der Waals surface area contributed by atoms with Crippen molar-refractivity contribution in [3.05, 3.63) is 113 Å². The molecule has 1 amide bonds. The molecule has 190 valence electrons. The summed E-state index contributed by atoms with van der Waals surface area (Å²) < 4.78 is 29.4. The highest BCUT2D eigenvalue weighted by Gasteiger charge is 2.35. The molecule has 0 aliphatic heterocycles. The number of carbonyl (C=O) groups is 1. The quantitative estimate of drug-likeness (QED) is 0.170. The lowest BCUT2D eigenvalue weighted by molar-refractivity contribution is -0.124. The topological polar surface area (TPSA) is 103 Å². The molecule has 37 heavy (non-hydrogen) atoms. The van der Waals surface area contributed by atoms with E-state index in [1.165, 1.54) is 6.08 Å². The lowest BCUT2D eigenvalue weighted by Gasteiger charge is -2.29. The van der Waals surface area contributed by atoms with Crippen LogP contribution in [-0.2, 0) is 33.4 Å². The number of amides is 1. The molecule has 1 unspecified atom stereocenters. The fraction of sp³-hybridized carbons (Fsp3) is 0.207. The minimum atomic E-state index is -3.61. The van der Waals surface area contributed by atoms with Crippen LogP contribution in [0.2, 0.25) is 0 Å². The van der Waals surface area contributed by atoms with Gasteiger partial charge < -0.3 is 4.98 Å². The molecule has 3 N–H and O–H groups in total. The zero-order valence-corrected chi connectivity index (χ0v) is 21.1. The summed E-state index contributed by atoms with van der Waals surface area (Å²) in [6.45, 7) is 0.374. The fourth-order valence-electron chi connectivity index (χ4n) is 5.15. The third-order valence-corrected chi connectivity index (χ3v) is 8.77. The van der Waals surface area contributed by atoms with E-state index in [9.17, 15) is 13.2 Å². The number of benzene rings is 3. The van der Waals surface area contributed by atoms with Crippen LogP contribution >= 0.6 is 0 Å². The van der Waals surface area contributed by atoms with E-state index < -0.39 is 15.9 Å². The van der Waals surface area contributed by atoms with Crippen LogP contribution in [0.1, 0.15) is 40.3 Å². The van der Waals surface area contributed by atoms with Gasteiger partial charge in [0.05, 0.1) is 11.8 Å². The van der Waals surface area contributed by atoms with Crippen LogP contribution in [0.3, 0.4) is 0 Å². The number of hydroxylamine groups is 1. The van der Waals surface area contributed by atoms with Gasteiger partial charge in [0.1, 0.15) is 0 Å². The van der Waals surface area contributed by atoms with Gasteiger partial charge in [0, 0.05) is 29.7 Å².